The molecule has 0 fully saturated rings. The van der Waals surface area contributed by atoms with Gasteiger partial charge in [-0.05, 0) is 29.3 Å². The van der Waals surface area contributed by atoms with Crippen molar-refractivity contribution in [2.24, 2.45) is 0 Å². The number of nitrogens with one attached hydrogen (secondary N) is 2. The van der Waals surface area contributed by atoms with Gasteiger partial charge < -0.3 is 16.4 Å². The number of hydrogen-bond acceptors (Lipinski definition) is 7. The molecular formula is C21H23N5O3S. The van der Waals surface area contributed by atoms with Crippen molar-refractivity contribution in [3.05, 3.63) is 71.5 Å². The largest absolute Gasteiger partial charge is 0.382 e. The molecule has 0 radical (unpaired) electrons. The van der Waals surface area contributed by atoms with Crippen molar-refractivity contribution in [3.8, 4) is 11.3 Å². The lowest BCUT2D eigenvalue weighted by Crippen LogP contribution is -2.21. The Kier molecular flexibility index (Phi) is 6.43. The summed E-state index contributed by atoms with van der Waals surface area (Å²) in [6, 6.07) is 14.6. The molecule has 4 N–H and O–H groups in total. The number of carbonyl (C=O) groups is 1. The van der Waals surface area contributed by atoms with Gasteiger partial charge in [0.15, 0.2) is 21.3 Å². The number of sulfone groups is 1. The van der Waals surface area contributed by atoms with Gasteiger partial charge in [0.05, 0.1) is 16.8 Å². The Morgan fingerprint density at radius 3 is 2.43 bits per heavy atom. The number of hydrogen-bond donors (Lipinski definition) is 3. The standard InChI is InChI=1S/C21H23N5O3S/c1-23-21(27)19-20(22)25-13-18(26-19)16-5-3-4-15(10-16)12-24-11-14-6-8-17(9-7-14)30(2,28)29/h3-10,13,24H,11-12H2,1-2H3,(H2,22,25)(H,23,27). The van der Waals surface area contributed by atoms with Crippen LogP contribution in [0.5, 0.6) is 0 Å². The van der Waals surface area contributed by atoms with E-state index in [4.69, 9.17) is 5.73 Å². The highest BCUT2D eigenvalue weighted by atomic mass is 32.2. The van der Waals surface area contributed by atoms with Crippen molar-refractivity contribution in [1.29, 1.82) is 0 Å². The van der Waals surface area contributed by atoms with Gasteiger partial charge in [0.1, 0.15) is 0 Å². The molecule has 9 heteroatoms. The predicted molar refractivity (Wildman–Crippen MR) is 115 cm³/mol. The quantitative estimate of drug-likeness (QED) is 0.526. The number of carbonyl (C=O) groups excluding carboxylic acids is 1. The monoisotopic (exact) mass is 425 g/mol. The van der Waals surface area contributed by atoms with Gasteiger partial charge in [0.2, 0.25) is 0 Å². The molecule has 0 bridgehead atoms. The molecule has 156 valence electrons. The first-order valence-electron chi connectivity index (χ1n) is 9.21. The van der Waals surface area contributed by atoms with Crippen LogP contribution < -0.4 is 16.4 Å². The zero-order valence-electron chi connectivity index (χ0n) is 16.7. The molecule has 0 aliphatic heterocycles. The smallest absolute Gasteiger partial charge is 0.273 e. The normalized spacial score (nSPS) is 11.3. The predicted octanol–water partition coefficient (Wildman–Crippen LogP) is 1.78. The Balaban J connectivity index is 1.68. The lowest BCUT2D eigenvalue weighted by Gasteiger charge is -2.09. The second kappa shape index (κ2) is 9.02. The summed E-state index contributed by atoms with van der Waals surface area (Å²) >= 11 is 0. The van der Waals surface area contributed by atoms with Gasteiger partial charge in [-0.25, -0.2) is 18.4 Å². The number of anilines is 1. The van der Waals surface area contributed by atoms with Crippen molar-refractivity contribution in [2.75, 3.05) is 19.0 Å². The van der Waals surface area contributed by atoms with E-state index in [1.165, 1.54) is 19.5 Å². The van der Waals surface area contributed by atoms with Gasteiger partial charge in [-0.1, -0.05) is 30.3 Å². The van der Waals surface area contributed by atoms with E-state index in [0.29, 0.717) is 23.7 Å². The number of nitrogen functional groups attached to an aromatic ring is 1. The van der Waals surface area contributed by atoms with Crippen molar-refractivity contribution >= 4 is 21.6 Å². The van der Waals surface area contributed by atoms with Crippen LogP contribution in [0.3, 0.4) is 0 Å². The molecule has 1 amide bonds. The minimum atomic E-state index is -3.19. The number of nitrogens with zero attached hydrogens (tertiary/aromatic N) is 2. The van der Waals surface area contributed by atoms with Crippen LogP contribution in [0, 0.1) is 0 Å². The van der Waals surface area contributed by atoms with Crippen molar-refractivity contribution in [2.45, 2.75) is 18.0 Å². The Morgan fingerprint density at radius 2 is 1.77 bits per heavy atom. The number of benzene rings is 2. The Hall–Kier alpha value is -3.30. The van der Waals surface area contributed by atoms with Crippen LogP contribution in [0.2, 0.25) is 0 Å². The van der Waals surface area contributed by atoms with Crippen LogP contribution in [0.15, 0.2) is 59.6 Å². The lowest BCUT2D eigenvalue weighted by molar-refractivity contribution is 0.0959. The second-order valence-corrected chi connectivity index (χ2v) is 8.80. The maximum absolute atomic E-state index is 11.9. The molecule has 0 saturated heterocycles. The Labute approximate surface area is 175 Å². The zero-order valence-corrected chi connectivity index (χ0v) is 17.5. The van der Waals surface area contributed by atoms with Gasteiger partial charge >= 0.3 is 0 Å². The maximum Gasteiger partial charge on any atom is 0.273 e. The summed E-state index contributed by atoms with van der Waals surface area (Å²) in [6.07, 6.45) is 2.73. The van der Waals surface area contributed by atoms with E-state index in [0.717, 1.165) is 16.7 Å². The summed E-state index contributed by atoms with van der Waals surface area (Å²) in [4.78, 5) is 20.6. The summed E-state index contributed by atoms with van der Waals surface area (Å²) < 4.78 is 23.1. The fourth-order valence-electron chi connectivity index (χ4n) is 2.87. The number of amides is 1. The third-order valence-electron chi connectivity index (χ3n) is 4.48. The first-order valence-corrected chi connectivity index (χ1v) is 11.1. The Morgan fingerprint density at radius 1 is 1.07 bits per heavy atom. The fourth-order valence-corrected chi connectivity index (χ4v) is 3.50. The fraction of sp³-hybridized carbons (Fsp3) is 0.190. The first kappa shape index (κ1) is 21.4. The average molecular weight is 426 g/mol. The minimum absolute atomic E-state index is 0.0813. The Bertz CT molecular complexity index is 1160. The molecule has 0 unspecified atom stereocenters. The summed E-state index contributed by atoms with van der Waals surface area (Å²) in [6.45, 7) is 1.20. The molecule has 3 aromatic rings. The summed E-state index contributed by atoms with van der Waals surface area (Å²) in [7, 11) is -1.68. The van der Waals surface area contributed by atoms with E-state index in [1.807, 2.05) is 24.3 Å². The highest BCUT2D eigenvalue weighted by Gasteiger charge is 2.13. The SMILES string of the molecule is CNC(=O)c1nc(-c2cccc(CNCc3ccc(S(C)(=O)=O)cc3)c2)cnc1N. The second-order valence-electron chi connectivity index (χ2n) is 6.79. The number of nitrogens with two attached hydrogens (primary N) is 1. The highest BCUT2D eigenvalue weighted by Crippen LogP contribution is 2.20. The highest BCUT2D eigenvalue weighted by molar-refractivity contribution is 7.90. The summed E-state index contributed by atoms with van der Waals surface area (Å²) in [5, 5.41) is 5.84. The van der Waals surface area contributed by atoms with Crippen LogP contribution in [0.25, 0.3) is 11.3 Å². The van der Waals surface area contributed by atoms with Crippen molar-refractivity contribution in [1.82, 2.24) is 20.6 Å². The molecule has 0 atom stereocenters. The number of aromatic nitrogens is 2. The maximum atomic E-state index is 11.9. The summed E-state index contributed by atoms with van der Waals surface area (Å²) in [5.74, 6) is -0.306. The molecule has 1 aromatic heterocycles. The van der Waals surface area contributed by atoms with E-state index in [-0.39, 0.29) is 17.4 Å². The number of rotatable bonds is 7. The molecule has 3 rings (SSSR count). The van der Waals surface area contributed by atoms with Crippen LogP contribution >= 0.6 is 0 Å². The van der Waals surface area contributed by atoms with E-state index in [2.05, 4.69) is 20.6 Å². The molecule has 0 aliphatic carbocycles. The molecule has 0 saturated carbocycles. The van der Waals surface area contributed by atoms with Gasteiger partial charge in [-0.15, -0.1) is 0 Å². The first-order chi connectivity index (χ1) is 14.3. The molecule has 1 heterocycles. The van der Waals surface area contributed by atoms with Crippen molar-refractivity contribution in [3.63, 3.8) is 0 Å². The van der Waals surface area contributed by atoms with Crippen LogP contribution in [0.4, 0.5) is 5.82 Å². The van der Waals surface area contributed by atoms with Crippen LogP contribution in [-0.2, 0) is 22.9 Å². The van der Waals surface area contributed by atoms with E-state index < -0.39 is 9.84 Å². The minimum Gasteiger partial charge on any atom is -0.382 e. The topological polar surface area (TPSA) is 127 Å². The average Bonchev–Trinajstić information content (AvgIpc) is 2.73. The molecule has 30 heavy (non-hydrogen) atoms. The van der Waals surface area contributed by atoms with Crippen LogP contribution in [-0.4, -0.2) is 37.6 Å². The molecule has 0 spiro atoms. The third kappa shape index (κ3) is 5.19. The van der Waals surface area contributed by atoms with Gasteiger partial charge in [-0.2, -0.15) is 0 Å². The molecular weight excluding hydrogens is 402 g/mol. The lowest BCUT2D eigenvalue weighted by atomic mass is 10.1. The van der Waals surface area contributed by atoms with E-state index >= 15 is 0 Å². The van der Waals surface area contributed by atoms with Crippen LogP contribution in [0.1, 0.15) is 21.6 Å². The molecule has 8 nitrogen and oxygen atoms in total. The molecule has 0 aliphatic rings. The van der Waals surface area contributed by atoms with E-state index in [9.17, 15) is 13.2 Å². The third-order valence-corrected chi connectivity index (χ3v) is 5.60. The van der Waals surface area contributed by atoms with Gasteiger partial charge in [0, 0.05) is 32.0 Å². The zero-order chi connectivity index (χ0) is 21.7. The van der Waals surface area contributed by atoms with Crippen molar-refractivity contribution < 1.29 is 13.2 Å². The van der Waals surface area contributed by atoms with Gasteiger partial charge in [-0.3, -0.25) is 4.79 Å². The van der Waals surface area contributed by atoms with E-state index in [1.54, 1.807) is 24.3 Å². The molecule has 2 aromatic carbocycles. The van der Waals surface area contributed by atoms with Gasteiger partial charge in [0.25, 0.3) is 5.91 Å². The summed E-state index contributed by atoms with van der Waals surface area (Å²) in [5.41, 5.74) is 9.24.